The molecular formula is C27H31N7O4. The minimum Gasteiger partial charge on any atom is -0.469 e. The van der Waals surface area contributed by atoms with Gasteiger partial charge in [-0.25, -0.2) is 9.67 Å². The molecule has 3 heterocycles. The first kappa shape index (κ1) is 25.4. The van der Waals surface area contributed by atoms with Crippen molar-refractivity contribution in [3.05, 3.63) is 65.6 Å². The minimum absolute atomic E-state index is 0.0260. The van der Waals surface area contributed by atoms with Crippen molar-refractivity contribution in [2.75, 3.05) is 38.2 Å². The van der Waals surface area contributed by atoms with E-state index >= 15 is 0 Å². The number of primary amides is 1. The van der Waals surface area contributed by atoms with Crippen molar-refractivity contribution in [3.63, 3.8) is 0 Å². The van der Waals surface area contributed by atoms with E-state index in [2.05, 4.69) is 15.3 Å². The van der Waals surface area contributed by atoms with Crippen molar-refractivity contribution in [3.8, 4) is 5.69 Å². The van der Waals surface area contributed by atoms with Gasteiger partial charge in [0.1, 0.15) is 5.82 Å². The summed E-state index contributed by atoms with van der Waals surface area (Å²) in [5.41, 5.74) is 8.21. The van der Waals surface area contributed by atoms with Crippen molar-refractivity contribution in [1.82, 2.24) is 24.9 Å². The number of nitrogens with two attached hydrogens (primary N) is 1. The highest BCUT2D eigenvalue weighted by Gasteiger charge is 2.29. The van der Waals surface area contributed by atoms with Gasteiger partial charge in [0.05, 0.1) is 36.2 Å². The number of ether oxygens (including phenoxy) is 1. The van der Waals surface area contributed by atoms with Crippen LogP contribution in [0.2, 0.25) is 0 Å². The first-order valence-corrected chi connectivity index (χ1v) is 12.8. The summed E-state index contributed by atoms with van der Waals surface area (Å²) in [6, 6.07) is 10.7. The molecule has 0 bridgehead atoms. The number of esters is 1. The van der Waals surface area contributed by atoms with Gasteiger partial charge in [0.25, 0.3) is 11.8 Å². The number of methoxy groups -OCH3 is 1. The molecule has 1 saturated heterocycles. The highest BCUT2D eigenvalue weighted by molar-refractivity contribution is 5.98. The van der Waals surface area contributed by atoms with Crippen LogP contribution >= 0.6 is 0 Å². The lowest BCUT2D eigenvalue weighted by Gasteiger charge is -2.36. The summed E-state index contributed by atoms with van der Waals surface area (Å²) in [7, 11) is 1.44. The molecule has 1 aliphatic carbocycles. The van der Waals surface area contributed by atoms with Crippen LogP contribution in [0.1, 0.15) is 58.0 Å². The van der Waals surface area contributed by atoms with Gasteiger partial charge in [0.2, 0.25) is 0 Å². The first-order valence-electron chi connectivity index (χ1n) is 12.8. The number of carbonyl (C=O) groups excluding carboxylic acids is 3. The molecule has 0 spiro atoms. The van der Waals surface area contributed by atoms with Gasteiger partial charge in [-0.05, 0) is 62.1 Å². The molecule has 2 aliphatic rings. The number of hydrogen-bond donors (Lipinski definition) is 1. The van der Waals surface area contributed by atoms with Crippen LogP contribution in [0.15, 0.2) is 48.8 Å². The van der Waals surface area contributed by atoms with E-state index in [1.807, 2.05) is 23.2 Å². The van der Waals surface area contributed by atoms with Crippen LogP contribution in [-0.4, -0.2) is 76.0 Å². The van der Waals surface area contributed by atoms with Gasteiger partial charge in [-0.15, -0.1) is 5.10 Å². The van der Waals surface area contributed by atoms with Crippen LogP contribution in [0, 0.1) is 5.92 Å². The van der Waals surface area contributed by atoms with Crippen molar-refractivity contribution >= 4 is 23.6 Å². The number of pyridine rings is 1. The third-order valence-electron chi connectivity index (χ3n) is 7.49. The number of hydrogen-bond acceptors (Lipinski definition) is 8. The van der Waals surface area contributed by atoms with E-state index in [1.165, 1.54) is 7.11 Å². The number of anilines is 1. The van der Waals surface area contributed by atoms with Gasteiger partial charge in [0.15, 0.2) is 0 Å². The Balaban J connectivity index is 1.18. The summed E-state index contributed by atoms with van der Waals surface area (Å²) in [4.78, 5) is 44.8. The van der Waals surface area contributed by atoms with Gasteiger partial charge in [-0.1, -0.05) is 5.21 Å². The average molecular weight is 518 g/mol. The second kappa shape index (κ2) is 11.0. The summed E-state index contributed by atoms with van der Waals surface area (Å²) < 4.78 is 6.59. The molecule has 11 heteroatoms. The Morgan fingerprint density at radius 2 is 1.68 bits per heavy atom. The Morgan fingerprint density at radius 3 is 2.34 bits per heavy atom. The van der Waals surface area contributed by atoms with Crippen molar-refractivity contribution in [1.29, 1.82) is 0 Å². The monoisotopic (exact) mass is 517 g/mol. The Morgan fingerprint density at radius 1 is 0.974 bits per heavy atom. The molecule has 38 heavy (non-hydrogen) atoms. The highest BCUT2D eigenvalue weighted by Crippen LogP contribution is 2.35. The molecule has 5 rings (SSSR count). The molecule has 0 unspecified atom stereocenters. The van der Waals surface area contributed by atoms with Crippen molar-refractivity contribution < 1.29 is 19.1 Å². The second-order valence-electron chi connectivity index (χ2n) is 9.72. The fourth-order valence-electron chi connectivity index (χ4n) is 5.28. The number of aromatic nitrogens is 4. The maximum absolute atomic E-state index is 13.1. The number of rotatable bonds is 6. The van der Waals surface area contributed by atoms with Gasteiger partial charge >= 0.3 is 5.97 Å². The predicted octanol–water partition coefficient (Wildman–Crippen LogP) is 2.17. The zero-order valence-corrected chi connectivity index (χ0v) is 21.3. The van der Waals surface area contributed by atoms with E-state index in [9.17, 15) is 14.4 Å². The number of carbonyl (C=O) groups is 3. The Labute approximate surface area is 220 Å². The fourth-order valence-corrected chi connectivity index (χ4v) is 5.28. The molecule has 2 fully saturated rings. The van der Waals surface area contributed by atoms with Crippen LogP contribution in [0.3, 0.4) is 0 Å². The van der Waals surface area contributed by atoms with Crippen LogP contribution in [0.4, 0.5) is 5.82 Å². The Bertz CT molecular complexity index is 1310. The maximum atomic E-state index is 13.1. The van der Waals surface area contributed by atoms with Crippen LogP contribution in [0.5, 0.6) is 0 Å². The van der Waals surface area contributed by atoms with Gasteiger partial charge in [-0.3, -0.25) is 14.4 Å². The molecular weight excluding hydrogens is 486 g/mol. The second-order valence-corrected chi connectivity index (χ2v) is 9.72. The maximum Gasteiger partial charge on any atom is 0.308 e. The van der Waals surface area contributed by atoms with Crippen LogP contribution < -0.4 is 10.6 Å². The molecule has 2 aromatic heterocycles. The summed E-state index contributed by atoms with van der Waals surface area (Å²) in [6.07, 6.45) is 6.91. The van der Waals surface area contributed by atoms with Crippen molar-refractivity contribution in [2.45, 2.75) is 31.6 Å². The number of piperazine rings is 1. The molecule has 0 radical (unpaired) electrons. The Hall–Kier alpha value is -4.28. The molecule has 2 amide bonds. The molecule has 3 aromatic rings. The zero-order chi connectivity index (χ0) is 26.6. The molecule has 0 atom stereocenters. The number of benzene rings is 1. The summed E-state index contributed by atoms with van der Waals surface area (Å²) in [6.45, 7) is 2.15. The van der Waals surface area contributed by atoms with E-state index in [0.717, 1.165) is 37.1 Å². The first-order chi connectivity index (χ1) is 18.4. The van der Waals surface area contributed by atoms with Crippen molar-refractivity contribution in [2.24, 2.45) is 11.7 Å². The minimum atomic E-state index is -0.517. The predicted molar refractivity (Wildman–Crippen MR) is 139 cm³/mol. The van der Waals surface area contributed by atoms with Gasteiger partial charge < -0.3 is 20.3 Å². The standard InChI is InChI=1S/C27H31N7O4/c1-38-27(37)20-6-4-18(5-7-20)23-17-34(31-30-23)21-10-8-19(9-11-21)26(36)33-15-13-32(14-16-33)25-22(24(28)35)3-2-12-29-25/h2-3,8-12,17-18,20H,4-7,13-16H2,1H3,(H2,28,35). The molecule has 2 N–H and O–H groups in total. The van der Waals surface area contributed by atoms with Crippen LogP contribution in [0.25, 0.3) is 5.69 Å². The molecule has 198 valence electrons. The number of amides is 2. The normalized spacial score (nSPS) is 19.7. The fraction of sp³-hybridized carbons (Fsp3) is 0.407. The third kappa shape index (κ3) is 5.22. The van der Waals surface area contributed by atoms with E-state index in [4.69, 9.17) is 10.5 Å². The largest absolute Gasteiger partial charge is 0.469 e. The topological polar surface area (TPSA) is 137 Å². The third-order valence-corrected chi connectivity index (χ3v) is 7.49. The SMILES string of the molecule is COC(=O)C1CCC(c2cn(-c3ccc(C(=O)N4CCN(c5ncccc5C(N)=O)CC4)cc3)nn2)CC1. The lowest BCUT2D eigenvalue weighted by molar-refractivity contribution is -0.146. The van der Waals surface area contributed by atoms with Crippen LogP contribution in [-0.2, 0) is 9.53 Å². The van der Waals surface area contributed by atoms with Gasteiger partial charge in [0, 0.05) is 43.9 Å². The van der Waals surface area contributed by atoms with E-state index < -0.39 is 5.91 Å². The van der Waals surface area contributed by atoms with Gasteiger partial charge in [-0.2, -0.15) is 0 Å². The average Bonchev–Trinajstić information content (AvgIpc) is 3.47. The summed E-state index contributed by atoms with van der Waals surface area (Å²) in [5.74, 6) is 0.108. The molecule has 1 aromatic carbocycles. The Kier molecular flexibility index (Phi) is 7.34. The van der Waals surface area contributed by atoms with E-state index in [0.29, 0.717) is 43.1 Å². The van der Waals surface area contributed by atoms with E-state index in [-0.39, 0.29) is 23.7 Å². The zero-order valence-electron chi connectivity index (χ0n) is 21.3. The molecule has 1 saturated carbocycles. The smallest absolute Gasteiger partial charge is 0.308 e. The summed E-state index contributed by atoms with van der Waals surface area (Å²) >= 11 is 0. The highest BCUT2D eigenvalue weighted by atomic mass is 16.5. The lowest BCUT2D eigenvalue weighted by atomic mass is 9.81. The quantitative estimate of drug-likeness (QED) is 0.491. The molecule has 11 nitrogen and oxygen atoms in total. The lowest BCUT2D eigenvalue weighted by Crippen LogP contribution is -2.49. The summed E-state index contributed by atoms with van der Waals surface area (Å²) in [5, 5.41) is 8.66. The van der Waals surface area contributed by atoms with E-state index in [1.54, 1.807) is 40.0 Å². The molecule has 1 aliphatic heterocycles. The number of nitrogens with zero attached hydrogens (tertiary/aromatic N) is 6.